The van der Waals surface area contributed by atoms with Gasteiger partial charge in [0.05, 0.1) is 22.3 Å². The van der Waals surface area contributed by atoms with E-state index < -0.39 is 11.7 Å². The van der Waals surface area contributed by atoms with Gasteiger partial charge in [0.15, 0.2) is 0 Å². The number of nitrogens with one attached hydrogen (secondary N) is 2. The third-order valence-corrected chi connectivity index (χ3v) is 6.42. The molecule has 34 heavy (non-hydrogen) atoms. The molecular weight excluding hydrogens is 515 g/mol. The van der Waals surface area contributed by atoms with E-state index in [-0.39, 0.29) is 17.9 Å². The van der Waals surface area contributed by atoms with Crippen molar-refractivity contribution in [2.24, 2.45) is 7.05 Å². The number of aromatic nitrogens is 4. The van der Waals surface area contributed by atoms with Crippen molar-refractivity contribution in [3.8, 4) is 0 Å². The summed E-state index contributed by atoms with van der Waals surface area (Å²) in [7, 11) is 1.93. The maximum Gasteiger partial charge on any atom is 0.419 e. The molecule has 2 N–H and O–H groups in total. The maximum absolute atomic E-state index is 12.8. The lowest BCUT2D eigenvalue weighted by Crippen LogP contribution is -2.43. The Morgan fingerprint density at radius 1 is 1.32 bits per heavy atom. The Morgan fingerprint density at radius 3 is 2.68 bits per heavy atom. The van der Waals surface area contributed by atoms with Crippen LogP contribution in [0.4, 0.5) is 30.8 Å². The van der Waals surface area contributed by atoms with Crippen molar-refractivity contribution in [1.29, 1.82) is 0 Å². The molecule has 4 rings (SSSR count). The molecule has 3 aromatic rings. The second-order valence-electron chi connectivity index (χ2n) is 8.11. The number of alkyl halides is 3. The largest absolute Gasteiger partial charge is 0.419 e. The summed E-state index contributed by atoms with van der Waals surface area (Å²) in [6.07, 6.45) is -0.00345. The number of carbonyl (C=O) groups is 1. The number of anilines is 3. The van der Waals surface area contributed by atoms with E-state index in [1.165, 1.54) is 6.08 Å². The van der Waals surface area contributed by atoms with E-state index in [0.717, 1.165) is 58.8 Å². The van der Waals surface area contributed by atoms with Crippen LogP contribution in [0.15, 0.2) is 35.6 Å². The maximum atomic E-state index is 12.8. The molecule has 1 fully saturated rings. The third-order valence-electron chi connectivity index (χ3n) is 5.80. The Labute approximate surface area is 202 Å². The van der Waals surface area contributed by atoms with Gasteiger partial charge < -0.3 is 20.1 Å². The number of nitrogens with zero attached hydrogens (tertiary/aromatic N) is 5. The Hall–Kier alpha value is -3.15. The number of benzene rings is 1. The van der Waals surface area contributed by atoms with Crippen LogP contribution >= 0.6 is 15.9 Å². The van der Waals surface area contributed by atoms with Crippen molar-refractivity contribution in [3.05, 3.63) is 46.7 Å². The molecule has 0 unspecified atom stereocenters. The van der Waals surface area contributed by atoms with Gasteiger partial charge in [0.1, 0.15) is 0 Å². The normalized spacial score (nSPS) is 16.5. The van der Waals surface area contributed by atoms with Crippen molar-refractivity contribution in [1.82, 2.24) is 19.5 Å². The van der Waals surface area contributed by atoms with Gasteiger partial charge in [0.2, 0.25) is 17.8 Å². The number of hydrogen-bond donors (Lipinski definition) is 2. The van der Waals surface area contributed by atoms with E-state index >= 15 is 0 Å². The number of carbonyl (C=O) groups excluding carboxylic acids is 1. The van der Waals surface area contributed by atoms with Crippen molar-refractivity contribution in [3.63, 3.8) is 0 Å². The van der Waals surface area contributed by atoms with E-state index in [2.05, 4.69) is 48.0 Å². The zero-order chi connectivity index (χ0) is 24.6. The molecule has 0 spiro atoms. The number of hydrogen-bond acceptors (Lipinski definition) is 6. The summed E-state index contributed by atoms with van der Waals surface area (Å²) in [4.78, 5) is 26.5. The lowest BCUT2D eigenvalue weighted by molar-refractivity contribution is -0.138. The number of piperidine rings is 1. The average Bonchev–Trinajstić information content (AvgIpc) is 3.13. The Morgan fingerprint density at radius 2 is 2.03 bits per heavy atom. The highest BCUT2D eigenvalue weighted by molar-refractivity contribution is 9.10. The number of aryl methyl sites for hydroxylation is 2. The third kappa shape index (κ3) is 4.72. The molecule has 0 bridgehead atoms. The van der Waals surface area contributed by atoms with E-state index in [9.17, 15) is 18.0 Å². The summed E-state index contributed by atoms with van der Waals surface area (Å²) in [5.41, 5.74) is 2.25. The topological polar surface area (TPSA) is 88.0 Å². The first-order chi connectivity index (χ1) is 16.1. The summed E-state index contributed by atoms with van der Waals surface area (Å²) < 4.78 is 41.0. The lowest BCUT2D eigenvalue weighted by Gasteiger charge is -2.33. The monoisotopic (exact) mass is 537 g/mol. The highest BCUT2D eigenvalue weighted by Gasteiger charge is 2.31. The smallest absolute Gasteiger partial charge is 0.350 e. The van der Waals surface area contributed by atoms with Gasteiger partial charge in [0, 0.05) is 48.6 Å². The zero-order valence-electron chi connectivity index (χ0n) is 18.6. The van der Waals surface area contributed by atoms with Crippen LogP contribution in [0.5, 0.6) is 0 Å². The van der Waals surface area contributed by atoms with Crippen LogP contribution in [0.1, 0.15) is 24.0 Å². The molecule has 0 saturated carbocycles. The molecule has 2 aromatic heterocycles. The second kappa shape index (κ2) is 9.24. The molecule has 1 amide bonds. The van der Waals surface area contributed by atoms with Gasteiger partial charge in [-0.2, -0.15) is 13.2 Å². The Bertz CT molecular complexity index is 1240. The van der Waals surface area contributed by atoms with Crippen molar-refractivity contribution < 1.29 is 18.0 Å². The molecule has 1 saturated heterocycles. The molecule has 0 radical (unpaired) electrons. The van der Waals surface area contributed by atoms with Gasteiger partial charge in [-0.15, -0.1) is 0 Å². The number of amides is 1. The van der Waals surface area contributed by atoms with E-state index in [0.29, 0.717) is 12.2 Å². The van der Waals surface area contributed by atoms with Gasteiger partial charge >= 0.3 is 6.18 Å². The summed E-state index contributed by atoms with van der Waals surface area (Å²) in [6, 6.07) is 1.85. The van der Waals surface area contributed by atoms with Crippen LogP contribution in [-0.2, 0) is 18.0 Å². The van der Waals surface area contributed by atoms with Crippen LogP contribution in [0.25, 0.3) is 11.0 Å². The minimum atomic E-state index is -4.47. The molecule has 12 heteroatoms. The SMILES string of the molecule is C=CC(=O)Nc1c(Br)cc2c(nc(N3CCC[C@@H](Nc4ncc(C(F)(F)F)cn4)C3)n2C)c1C. The number of imidazole rings is 1. The lowest BCUT2D eigenvalue weighted by atomic mass is 10.1. The van der Waals surface area contributed by atoms with E-state index in [4.69, 9.17) is 4.98 Å². The fraction of sp³-hybridized carbons (Fsp3) is 0.364. The molecule has 3 heterocycles. The second-order valence-corrected chi connectivity index (χ2v) is 8.97. The first-order valence-corrected chi connectivity index (χ1v) is 11.4. The van der Waals surface area contributed by atoms with Crippen molar-refractivity contribution in [2.75, 3.05) is 28.6 Å². The molecule has 0 aliphatic carbocycles. The highest BCUT2D eigenvalue weighted by Crippen LogP contribution is 2.35. The molecule has 180 valence electrons. The van der Waals surface area contributed by atoms with Crippen LogP contribution < -0.4 is 15.5 Å². The molecule has 1 aromatic carbocycles. The van der Waals surface area contributed by atoms with Crippen molar-refractivity contribution in [2.45, 2.75) is 32.0 Å². The average molecular weight is 538 g/mol. The fourth-order valence-electron chi connectivity index (χ4n) is 4.05. The number of fused-ring (bicyclic) bond motifs is 1. The standard InChI is InChI=1S/C22H23BrF3N7O/c1-4-17(34)30-18-12(2)19-16(8-15(18)23)32(3)21(31-19)33-7-5-6-14(11-33)29-20-27-9-13(10-28-20)22(24,25)26/h4,8-10,14H,1,5-7,11H2,2-3H3,(H,30,34)(H,27,28,29)/t14-/m1/s1. The van der Waals surface area contributed by atoms with E-state index in [1.54, 1.807) is 0 Å². The van der Waals surface area contributed by atoms with Crippen LogP contribution in [0, 0.1) is 6.92 Å². The van der Waals surface area contributed by atoms with Gasteiger partial charge in [0.25, 0.3) is 0 Å². The summed E-state index contributed by atoms with van der Waals surface area (Å²) in [6.45, 7) is 6.75. The highest BCUT2D eigenvalue weighted by atomic mass is 79.9. The van der Waals surface area contributed by atoms with Gasteiger partial charge in [-0.1, -0.05) is 6.58 Å². The minimum absolute atomic E-state index is 0.0550. The zero-order valence-corrected chi connectivity index (χ0v) is 20.2. The van der Waals surface area contributed by atoms with Gasteiger partial charge in [-0.25, -0.2) is 15.0 Å². The molecule has 8 nitrogen and oxygen atoms in total. The summed E-state index contributed by atoms with van der Waals surface area (Å²) in [5, 5.41) is 5.95. The molecule has 1 atom stereocenters. The Balaban J connectivity index is 1.56. The van der Waals surface area contributed by atoms with Crippen LogP contribution in [-0.4, -0.2) is 44.6 Å². The predicted octanol–water partition coefficient (Wildman–Crippen LogP) is 4.66. The molecule has 1 aliphatic rings. The van der Waals surface area contributed by atoms with E-state index in [1.807, 2.05) is 24.6 Å². The molecular formula is C22H23BrF3N7O. The first-order valence-electron chi connectivity index (χ1n) is 10.6. The number of halogens is 4. The minimum Gasteiger partial charge on any atom is -0.350 e. The van der Waals surface area contributed by atoms with Gasteiger partial charge in [-0.05, 0) is 47.8 Å². The van der Waals surface area contributed by atoms with Gasteiger partial charge in [-0.3, -0.25) is 4.79 Å². The van der Waals surface area contributed by atoms with Crippen LogP contribution in [0.2, 0.25) is 0 Å². The fourth-order valence-corrected chi connectivity index (χ4v) is 4.66. The first kappa shape index (κ1) is 24.0. The summed E-state index contributed by atoms with van der Waals surface area (Å²) in [5.74, 6) is 0.610. The number of rotatable bonds is 5. The predicted molar refractivity (Wildman–Crippen MR) is 128 cm³/mol. The quantitative estimate of drug-likeness (QED) is 0.460. The Kier molecular flexibility index (Phi) is 6.52. The summed E-state index contributed by atoms with van der Waals surface area (Å²) >= 11 is 3.53. The van der Waals surface area contributed by atoms with Crippen LogP contribution in [0.3, 0.4) is 0 Å². The molecule has 1 aliphatic heterocycles. The van der Waals surface area contributed by atoms with Crippen molar-refractivity contribution >= 4 is 50.5 Å².